The number of nitrogens with zero attached hydrogens (tertiary/aromatic N) is 1. The molecule has 1 saturated heterocycles. The Labute approximate surface area is 120 Å². The molecule has 1 rings (SSSR count). The molecular weight excluding hydrogens is 254 g/mol. The van der Waals surface area contributed by atoms with Crippen LogP contribution in [0, 0.1) is 0 Å². The topological polar surface area (TPSA) is 46.6 Å². The number of allylic oxidation sites excluding steroid dienone is 2. The molecule has 0 aromatic heterocycles. The molecule has 1 heterocycles. The molecule has 4 heteroatoms. The zero-order valence-electron chi connectivity index (χ0n) is 12.4. The van der Waals surface area contributed by atoms with Crippen molar-refractivity contribution < 1.29 is 14.3 Å². The second-order valence-electron chi connectivity index (χ2n) is 4.67. The van der Waals surface area contributed by atoms with Gasteiger partial charge in [-0.1, -0.05) is 12.7 Å². The Morgan fingerprint density at radius 1 is 1.35 bits per heavy atom. The van der Waals surface area contributed by atoms with Crippen LogP contribution in [-0.4, -0.2) is 36.3 Å². The zero-order valence-corrected chi connectivity index (χ0v) is 12.4. The first-order valence-corrected chi connectivity index (χ1v) is 7.05. The van der Waals surface area contributed by atoms with Crippen LogP contribution < -0.4 is 0 Å². The van der Waals surface area contributed by atoms with E-state index in [-0.39, 0.29) is 5.97 Å². The number of carbonyl (C=O) groups excluding carboxylic acids is 2. The first-order chi connectivity index (χ1) is 9.58. The third kappa shape index (κ3) is 5.03. The SMILES string of the molecule is C=C(/C=C\C(=C/C)C(=O)OCC)N1CCCC(=O)CC1. The van der Waals surface area contributed by atoms with Gasteiger partial charge >= 0.3 is 5.97 Å². The van der Waals surface area contributed by atoms with Gasteiger partial charge in [-0.05, 0) is 32.4 Å². The van der Waals surface area contributed by atoms with Crippen LogP contribution in [0.1, 0.15) is 33.1 Å². The minimum atomic E-state index is -0.329. The Kier molecular flexibility index (Phi) is 6.77. The summed E-state index contributed by atoms with van der Waals surface area (Å²) in [4.78, 5) is 25.1. The molecule has 20 heavy (non-hydrogen) atoms. The van der Waals surface area contributed by atoms with Crippen LogP contribution in [0.15, 0.2) is 36.1 Å². The molecule has 0 saturated carbocycles. The van der Waals surface area contributed by atoms with Crippen LogP contribution >= 0.6 is 0 Å². The van der Waals surface area contributed by atoms with Gasteiger partial charge in [-0.25, -0.2) is 4.79 Å². The largest absolute Gasteiger partial charge is 0.462 e. The predicted octanol–water partition coefficient (Wildman–Crippen LogP) is 2.62. The van der Waals surface area contributed by atoms with Crippen molar-refractivity contribution in [2.75, 3.05) is 19.7 Å². The van der Waals surface area contributed by atoms with E-state index < -0.39 is 0 Å². The fourth-order valence-electron chi connectivity index (χ4n) is 2.04. The standard InChI is InChI=1S/C16H23NO3/c1-4-14(16(19)20-5-2)9-8-13(3)17-11-6-7-15(18)10-12-17/h4,8-9H,3,5-7,10-12H2,1-2H3/b9-8-,14-4+. The third-order valence-electron chi connectivity index (χ3n) is 3.23. The van der Waals surface area contributed by atoms with Crippen molar-refractivity contribution in [2.45, 2.75) is 33.1 Å². The number of ketones is 1. The second kappa shape index (κ2) is 8.35. The van der Waals surface area contributed by atoms with E-state index in [0.29, 0.717) is 37.3 Å². The van der Waals surface area contributed by atoms with Crippen molar-refractivity contribution in [3.8, 4) is 0 Å². The van der Waals surface area contributed by atoms with Crippen LogP contribution in [0.5, 0.6) is 0 Å². The van der Waals surface area contributed by atoms with Gasteiger partial charge in [0.15, 0.2) is 0 Å². The summed E-state index contributed by atoms with van der Waals surface area (Å²) in [5.41, 5.74) is 1.34. The molecule has 0 N–H and O–H groups in total. The van der Waals surface area contributed by atoms with Gasteiger partial charge in [0.1, 0.15) is 5.78 Å². The Balaban J connectivity index is 2.61. The number of Topliss-reactive ketones (excluding diaryl/α,β-unsaturated/α-hetero) is 1. The molecule has 0 aliphatic carbocycles. The summed E-state index contributed by atoms with van der Waals surface area (Å²) in [5.74, 6) is -0.0185. The molecule has 1 aliphatic rings. The highest BCUT2D eigenvalue weighted by atomic mass is 16.5. The van der Waals surface area contributed by atoms with Gasteiger partial charge < -0.3 is 9.64 Å². The van der Waals surface area contributed by atoms with Gasteiger partial charge in [0.05, 0.1) is 12.2 Å². The average molecular weight is 277 g/mol. The summed E-state index contributed by atoms with van der Waals surface area (Å²) in [7, 11) is 0. The first kappa shape index (κ1) is 16.2. The number of hydrogen-bond donors (Lipinski definition) is 0. The van der Waals surface area contributed by atoms with Crippen LogP contribution in [0.2, 0.25) is 0 Å². The molecule has 0 atom stereocenters. The van der Waals surface area contributed by atoms with Crippen molar-refractivity contribution in [3.05, 3.63) is 36.1 Å². The highest BCUT2D eigenvalue weighted by Crippen LogP contribution is 2.13. The quantitative estimate of drug-likeness (QED) is 0.440. The maximum Gasteiger partial charge on any atom is 0.337 e. The molecule has 1 aliphatic heterocycles. The molecule has 110 valence electrons. The van der Waals surface area contributed by atoms with Crippen LogP contribution in [0.4, 0.5) is 0 Å². The number of rotatable bonds is 5. The molecule has 0 radical (unpaired) electrons. The molecule has 0 spiro atoms. The number of ether oxygens (including phenoxy) is 1. The lowest BCUT2D eigenvalue weighted by molar-refractivity contribution is -0.138. The highest BCUT2D eigenvalue weighted by Gasteiger charge is 2.14. The average Bonchev–Trinajstić information content (AvgIpc) is 2.64. The number of hydrogen-bond acceptors (Lipinski definition) is 4. The summed E-state index contributed by atoms with van der Waals surface area (Å²) < 4.78 is 4.96. The smallest absolute Gasteiger partial charge is 0.337 e. The van der Waals surface area contributed by atoms with Crippen molar-refractivity contribution in [2.24, 2.45) is 0 Å². The Morgan fingerprint density at radius 2 is 2.10 bits per heavy atom. The Bertz CT molecular complexity index is 435. The molecule has 0 unspecified atom stereocenters. The van der Waals surface area contributed by atoms with Gasteiger partial charge in [-0.15, -0.1) is 0 Å². The number of likely N-dealkylation sites (tertiary alicyclic amines) is 1. The Hall–Kier alpha value is -1.84. The predicted molar refractivity (Wildman–Crippen MR) is 79.1 cm³/mol. The lowest BCUT2D eigenvalue weighted by Crippen LogP contribution is -2.22. The van der Waals surface area contributed by atoms with E-state index in [2.05, 4.69) is 11.5 Å². The molecule has 4 nitrogen and oxygen atoms in total. The third-order valence-corrected chi connectivity index (χ3v) is 3.23. The molecular formula is C16H23NO3. The minimum Gasteiger partial charge on any atom is -0.462 e. The van der Waals surface area contributed by atoms with Crippen LogP contribution in [-0.2, 0) is 14.3 Å². The fraction of sp³-hybridized carbons (Fsp3) is 0.500. The van der Waals surface area contributed by atoms with E-state index in [1.165, 1.54) is 0 Å². The van der Waals surface area contributed by atoms with Gasteiger partial charge in [-0.2, -0.15) is 0 Å². The van der Waals surface area contributed by atoms with E-state index in [1.807, 2.05) is 6.08 Å². The van der Waals surface area contributed by atoms with Crippen LogP contribution in [0.25, 0.3) is 0 Å². The van der Waals surface area contributed by atoms with Crippen molar-refractivity contribution in [3.63, 3.8) is 0 Å². The highest BCUT2D eigenvalue weighted by molar-refractivity contribution is 5.91. The maximum absolute atomic E-state index is 11.6. The van der Waals surface area contributed by atoms with Gasteiger partial charge in [0.2, 0.25) is 0 Å². The van der Waals surface area contributed by atoms with Crippen LogP contribution in [0.3, 0.4) is 0 Å². The molecule has 0 amide bonds. The van der Waals surface area contributed by atoms with Gasteiger partial charge in [-0.3, -0.25) is 4.79 Å². The van der Waals surface area contributed by atoms with E-state index in [1.54, 1.807) is 26.0 Å². The summed E-state index contributed by atoms with van der Waals surface area (Å²) in [6.45, 7) is 9.47. The molecule has 0 bridgehead atoms. The van der Waals surface area contributed by atoms with Crippen molar-refractivity contribution >= 4 is 11.8 Å². The van der Waals surface area contributed by atoms with Crippen molar-refractivity contribution in [1.29, 1.82) is 0 Å². The molecule has 1 fully saturated rings. The summed E-state index contributed by atoms with van der Waals surface area (Å²) in [5, 5.41) is 0. The van der Waals surface area contributed by atoms with E-state index in [0.717, 1.165) is 18.7 Å². The number of carbonyl (C=O) groups is 2. The summed E-state index contributed by atoms with van der Waals surface area (Å²) in [6, 6.07) is 0. The Morgan fingerprint density at radius 3 is 2.75 bits per heavy atom. The van der Waals surface area contributed by atoms with E-state index >= 15 is 0 Å². The lowest BCUT2D eigenvalue weighted by Gasteiger charge is -2.22. The van der Waals surface area contributed by atoms with Gasteiger partial charge in [0.25, 0.3) is 0 Å². The van der Waals surface area contributed by atoms with Crippen molar-refractivity contribution in [1.82, 2.24) is 4.90 Å². The monoisotopic (exact) mass is 277 g/mol. The summed E-state index contributed by atoms with van der Waals surface area (Å²) in [6.07, 6.45) is 7.32. The lowest BCUT2D eigenvalue weighted by atomic mass is 10.2. The minimum absolute atomic E-state index is 0.310. The summed E-state index contributed by atoms with van der Waals surface area (Å²) >= 11 is 0. The zero-order chi connectivity index (χ0) is 15.0. The molecule has 0 aromatic rings. The molecule has 0 aromatic carbocycles. The van der Waals surface area contributed by atoms with Gasteiger partial charge in [0, 0.05) is 31.6 Å². The van der Waals surface area contributed by atoms with E-state index in [9.17, 15) is 9.59 Å². The maximum atomic E-state index is 11.6. The normalized spacial score (nSPS) is 17.2. The van der Waals surface area contributed by atoms with E-state index in [4.69, 9.17) is 4.74 Å². The fourth-order valence-corrected chi connectivity index (χ4v) is 2.04. The first-order valence-electron chi connectivity index (χ1n) is 7.05. The number of esters is 1. The second-order valence-corrected chi connectivity index (χ2v) is 4.67.